The lowest BCUT2D eigenvalue weighted by atomic mass is 10.2. The number of hydrogen-bond donors (Lipinski definition) is 2. The van der Waals surface area contributed by atoms with Gasteiger partial charge < -0.3 is 10.2 Å². The van der Waals surface area contributed by atoms with E-state index in [2.05, 4.69) is 10.3 Å². The van der Waals surface area contributed by atoms with Gasteiger partial charge in [-0.05, 0) is 25.7 Å². The minimum absolute atomic E-state index is 0.169. The number of carboxylic acid groups (broad SMARTS) is 1. The van der Waals surface area contributed by atoms with Crippen LogP contribution in [0.3, 0.4) is 0 Å². The summed E-state index contributed by atoms with van der Waals surface area (Å²) in [4.78, 5) is 10.3. The lowest BCUT2D eigenvalue weighted by molar-refractivity contribution is -0.137. The summed E-state index contributed by atoms with van der Waals surface area (Å²) in [6, 6.07) is 0. The molecule has 0 aliphatic heterocycles. The molecule has 0 aromatic carbocycles. The first kappa shape index (κ1) is 13.6. The summed E-state index contributed by atoms with van der Waals surface area (Å²) >= 11 is 0. The Labute approximate surface area is 100 Å². The summed E-state index contributed by atoms with van der Waals surface area (Å²) in [6.07, 6.45) is 6.08. The third-order valence-electron chi connectivity index (χ3n) is 2.45. The SMILES string of the molecule is O=C(O)CCCCCn1cc(CCCO)nn1. The van der Waals surface area contributed by atoms with Crippen LogP contribution in [0.25, 0.3) is 0 Å². The molecule has 0 radical (unpaired) electrons. The van der Waals surface area contributed by atoms with Gasteiger partial charge >= 0.3 is 5.97 Å². The van der Waals surface area contributed by atoms with E-state index < -0.39 is 5.97 Å². The van der Waals surface area contributed by atoms with Crippen molar-refractivity contribution in [2.75, 3.05) is 6.61 Å². The predicted octanol–water partition coefficient (Wildman–Crippen LogP) is 0.848. The molecule has 0 saturated heterocycles. The second kappa shape index (κ2) is 7.78. The molecule has 1 aromatic rings. The molecule has 96 valence electrons. The van der Waals surface area contributed by atoms with Gasteiger partial charge in [-0.15, -0.1) is 5.10 Å². The van der Waals surface area contributed by atoms with Crippen molar-refractivity contribution in [3.05, 3.63) is 11.9 Å². The fraction of sp³-hybridized carbons (Fsp3) is 0.727. The topological polar surface area (TPSA) is 88.2 Å². The highest BCUT2D eigenvalue weighted by molar-refractivity contribution is 5.66. The van der Waals surface area contributed by atoms with Crippen molar-refractivity contribution in [1.82, 2.24) is 15.0 Å². The standard InChI is InChI=1S/C11H19N3O3/c15-8-4-5-10-9-14(13-12-10)7-3-1-2-6-11(16)17/h9,15H,1-8H2,(H,16,17). The first-order valence-corrected chi connectivity index (χ1v) is 5.94. The number of nitrogens with zero attached hydrogens (tertiary/aromatic N) is 3. The zero-order chi connectivity index (χ0) is 12.5. The van der Waals surface area contributed by atoms with E-state index in [-0.39, 0.29) is 13.0 Å². The largest absolute Gasteiger partial charge is 0.481 e. The Balaban J connectivity index is 2.14. The maximum absolute atomic E-state index is 10.3. The van der Waals surface area contributed by atoms with E-state index in [9.17, 15) is 4.79 Å². The number of aliphatic hydroxyl groups is 1. The van der Waals surface area contributed by atoms with Gasteiger partial charge in [-0.2, -0.15) is 0 Å². The van der Waals surface area contributed by atoms with E-state index in [1.807, 2.05) is 6.20 Å². The smallest absolute Gasteiger partial charge is 0.303 e. The number of aliphatic carboxylic acids is 1. The second-order valence-electron chi connectivity index (χ2n) is 4.00. The van der Waals surface area contributed by atoms with Gasteiger partial charge in [-0.1, -0.05) is 11.6 Å². The highest BCUT2D eigenvalue weighted by Crippen LogP contribution is 2.03. The van der Waals surface area contributed by atoms with E-state index >= 15 is 0 Å². The Hall–Kier alpha value is -1.43. The van der Waals surface area contributed by atoms with Crippen LogP contribution in [0.4, 0.5) is 0 Å². The van der Waals surface area contributed by atoms with E-state index in [0.29, 0.717) is 12.8 Å². The van der Waals surface area contributed by atoms with Crippen LogP contribution in [0.15, 0.2) is 6.20 Å². The number of aromatic nitrogens is 3. The van der Waals surface area contributed by atoms with Crippen molar-refractivity contribution in [3.8, 4) is 0 Å². The van der Waals surface area contributed by atoms with Gasteiger partial charge in [0.2, 0.25) is 0 Å². The maximum atomic E-state index is 10.3. The Bertz CT molecular complexity index is 338. The first-order valence-electron chi connectivity index (χ1n) is 5.94. The summed E-state index contributed by atoms with van der Waals surface area (Å²) < 4.78 is 1.77. The van der Waals surface area contributed by atoms with Crippen LogP contribution in [0.5, 0.6) is 0 Å². The molecule has 0 amide bonds. The summed E-state index contributed by atoms with van der Waals surface area (Å²) in [5.41, 5.74) is 0.893. The molecule has 0 atom stereocenters. The quantitative estimate of drug-likeness (QED) is 0.626. The summed E-state index contributed by atoms with van der Waals surface area (Å²) in [5.74, 6) is -0.739. The van der Waals surface area contributed by atoms with Gasteiger partial charge in [0.1, 0.15) is 0 Å². The normalized spacial score (nSPS) is 10.6. The summed E-state index contributed by atoms with van der Waals surface area (Å²) in [7, 11) is 0. The highest BCUT2D eigenvalue weighted by atomic mass is 16.4. The number of carbonyl (C=O) groups is 1. The molecule has 0 bridgehead atoms. The van der Waals surface area contributed by atoms with Gasteiger partial charge in [0.15, 0.2) is 0 Å². The van der Waals surface area contributed by atoms with Crippen LogP contribution in [-0.2, 0) is 17.8 Å². The minimum atomic E-state index is -0.739. The monoisotopic (exact) mass is 241 g/mol. The molecule has 1 aromatic heterocycles. The van der Waals surface area contributed by atoms with Crippen LogP contribution in [-0.4, -0.2) is 37.8 Å². The molecule has 0 aliphatic rings. The first-order chi connectivity index (χ1) is 8.22. The Kier molecular flexibility index (Phi) is 6.24. The molecular formula is C11H19N3O3. The Morgan fingerprint density at radius 2 is 2.12 bits per heavy atom. The van der Waals surface area contributed by atoms with E-state index in [1.165, 1.54) is 0 Å². The second-order valence-corrected chi connectivity index (χ2v) is 4.00. The van der Waals surface area contributed by atoms with Crippen LogP contribution < -0.4 is 0 Å². The number of rotatable bonds is 9. The molecule has 0 fully saturated rings. The summed E-state index contributed by atoms with van der Waals surface area (Å²) in [6.45, 7) is 0.938. The van der Waals surface area contributed by atoms with Crippen molar-refractivity contribution in [1.29, 1.82) is 0 Å². The zero-order valence-corrected chi connectivity index (χ0v) is 9.88. The molecule has 1 heterocycles. The average Bonchev–Trinajstić information content (AvgIpc) is 2.73. The minimum Gasteiger partial charge on any atom is -0.481 e. The third-order valence-corrected chi connectivity index (χ3v) is 2.45. The molecule has 0 saturated carbocycles. The number of aryl methyl sites for hydroxylation is 2. The fourth-order valence-corrected chi connectivity index (χ4v) is 1.55. The van der Waals surface area contributed by atoms with Crippen LogP contribution in [0.2, 0.25) is 0 Å². The average molecular weight is 241 g/mol. The molecule has 6 nitrogen and oxygen atoms in total. The van der Waals surface area contributed by atoms with E-state index in [4.69, 9.17) is 10.2 Å². The molecule has 6 heteroatoms. The van der Waals surface area contributed by atoms with Gasteiger partial charge in [-0.25, -0.2) is 0 Å². The maximum Gasteiger partial charge on any atom is 0.303 e. The van der Waals surface area contributed by atoms with Crippen molar-refractivity contribution in [3.63, 3.8) is 0 Å². The van der Waals surface area contributed by atoms with Crippen LogP contribution >= 0.6 is 0 Å². The van der Waals surface area contributed by atoms with E-state index in [0.717, 1.165) is 31.5 Å². The Morgan fingerprint density at radius 1 is 1.29 bits per heavy atom. The number of unbranched alkanes of at least 4 members (excludes halogenated alkanes) is 2. The molecule has 17 heavy (non-hydrogen) atoms. The van der Waals surface area contributed by atoms with Gasteiger partial charge in [0.25, 0.3) is 0 Å². The fourth-order valence-electron chi connectivity index (χ4n) is 1.55. The lowest BCUT2D eigenvalue weighted by Crippen LogP contribution is -2.00. The zero-order valence-electron chi connectivity index (χ0n) is 9.88. The number of aliphatic hydroxyl groups excluding tert-OH is 1. The molecule has 1 rings (SSSR count). The van der Waals surface area contributed by atoms with Crippen LogP contribution in [0, 0.1) is 0 Å². The van der Waals surface area contributed by atoms with Crippen molar-refractivity contribution in [2.24, 2.45) is 0 Å². The third kappa shape index (κ3) is 6.01. The highest BCUT2D eigenvalue weighted by Gasteiger charge is 2.01. The molecule has 0 aliphatic carbocycles. The Morgan fingerprint density at radius 3 is 2.82 bits per heavy atom. The van der Waals surface area contributed by atoms with Crippen molar-refractivity contribution < 1.29 is 15.0 Å². The van der Waals surface area contributed by atoms with Crippen LogP contribution in [0.1, 0.15) is 37.8 Å². The molecule has 2 N–H and O–H groups in total. The lowest BCUT2D eigenvalue weighted by Gasteiger charge is -1.99. The molecular weight excluding hydrogens is 222 g/mol. The van der Waals surface area contributed by atoms with Gasteiger partial charge in [-0.3, -0.25) is 9.48 Å². The van der Waals surface area contributed by atoms with Crippen molar-refractivity contribution in [2.45, 2.75) is 45.1 Å². The van der Waals surface area contributed by atoms with Gasteiger partial charge in [0, 0.05) is 25.8 Å². The molecule has 0 unspecified atom stereocenters. The number of carboxylic acids is 1. The van der Waals surface area contributed by atoms with E-state index in [1.54, 1.807) is 4.68 Å². The number of hydrogen-bond acceptors (Lipinski definition) is 4. The summed E-state index contributed by atoms with van der Waals surface area (Å²) in [5, 5.41) is 25.1. The molecule has 0 spiro atoms. The van der Waals surface area contributed by atoms with Crippen molar-refractivity contribution >= 4 is 5.97 Å². The van der Waals surface area contributed by atoms with Gasteiger partial charge in [0.05, 0.1) is 5.69 Å². The predicted molar refractivity (Wildman–Crippen MR) is 61.5 cm³/mol.